The molecule has 0 radical (unpaired) electrons. The minimum atomic E-state index is -4.60. The standard InChI is InChI=1S/C46H85N2O6P/c1-6-8-10-12-14-16-18-20-22-23-24-26-27-29-31-33-35-37-39-45(49)44(43-54-55(51,52)53-42-41-48(3,4)5)47-46(50)40-38-36-34-32-30-28-25-21-19-17-15-13-11-9-7-2/h15,17,19,21,23-24,29,31,37,39,44-45,49H,6-14,16,18,20,22,25-28,30,32-36,38,40-43H2,1-5H3,(H-,47,50,51,52)/b17-15-,21-19-,24-23+,31-29+,39-37+. The van der Waals surface area contributed by atoms with E-state index in [0.29, 0.717) is 17.4 Å². The monoisotopic (exact) mass is 793 g/mol. The number of carbonyl (C=O) groups excluding carboxylic acids is 1. The molecule has 0 spiro atoms. The Kier molecular flexibility index (Phi) is 36.5. The lowest BCUT2D eigenvalue weighted by Crippen LogP contribution is -2.45. The summed E-state index contributed by atoms with van der Waals surface area (Å²) in [6.45, 7) is 4.55. The van der Waals surface area contributed by atoms with Gasteiger partial charge in [-0.15, -0.1) is 0 Å². The average Bonchev–Trinajstić information content (AvgIpc) is 3.13. The summed E-state index contributed by atoms with van der Waals surface area (Å²) >= 11 is 0. The van der Waals surface area contributed by atoms with E-state index in [9.17, 15) is 19.4 Å². The Morgan fingerprint density at radius 2 is 1.07 bits per heavy atom. The van der Waals surface area contributed by atoms with Crippen LogP contribution >= 0.6 is 7.82 Å². The number of nitrogens with one attached hydrogen (secondary N) is 1. The minimum Gasteiger partial charge on any atom is -0.756 e. The Hall–Kier alpha value is -1.80. The molecule has 0 aromatic heterocycles. The Balaban J connectivity index is 4.55. The molecule has 0 bridgehead atoms. The number of aliphatic hydroxyl groups excluding tert-OH is 1. The van der Waals surface area contributed by atoms with Gasteiger partial charge in [0.2, 0.25) is 5.91 Å². The summed E-state index contributed by atoms with van der Waals surface area (Å²) in [6.07, 6.45) is 48.4. The SMILES string of the molecule is CCCCC/C=C\C=C/CCCCCCCCC(=O)NC(COP(=O)([O-])OCC[N+](C)(C)C)C(O)/C=C/CC/C=C/CC/C=C/CCCCCCCCCC. The van der Waals surface area contributed by atoms with Gasteiger partial charge >= 0.3 is 0 Å². The van der Waals surface area contributed by atoms with Gasteiger partial charge in [-0.1, -0.05) is 158 Å². The number of rotatable bonds is 39. The molecular formula is C46H85N2O6P. The zero-order chi connectivity index (χ0) is 40.7. The van der Waals surface area contributed by atoms with Crippen molar-refractivity contribution in [2.24, 2.45) is 0 Å². The van der Waals surface area contributed by atoms with Crippen molar-refractivity contribution in [3.8, 4) is 0 Å². The number of nitrogens with zero attached hydrogens (tertiary/aromatic N) is 1. The molecule has 0 heterocycles. The van der Waals surface area contributed by atoms with E-state index in [1.807, 2.05) is 27.2 Å². The van der Waals surface area contributed by atoms with Crippen LogP contribution in [0, 0.1) is 0 Å². The molecule has 0 saturated carbocycles. The third-order valence-corrected chi connectivity index (χ3v) is 10.4. The number of quaternary nitrogens is 1. The third-order valence-electron chi connectivity index (χ3n) is 9.46. The fourth-order valence-electron chi connectivity index (χ4n) is 5.88. The number of carbonyl (C=O) groups is 1. The van der Waals surface area contributed by atoms with E-state index in [2.05, 4.69) is 67.8 Å². The molecule has 3 unspecified atom stereocenters. The van der Waals surface area contributed by atoms with Crippen molar-refractivity contribution >= 4 is 13.7 Å². The minimum absolute atomic E-state index is 0.0138. The van der Waals surface area contributed by atoms with Crippen LogP contribution in [0.1, 0.15) is 174 Å². The van der Waals surface area contributed by atoms with Crippen LogP contribution in [0.3, 0.4) is 0 Å². The second kappa shape index (κ2) is 37.8. The van der Waals surface area contributed by atoms with Crippen molar-refractivity contribution in [2.75, 3.05) is 40.9 Å². The van der Waals surface area contributed by atoms with Gasteiger partial charge in [0.15, 0.2) is 0 Å². The summed E-state index contributed by atoms with van der Waals surface area (Å²) in [4.78, 5) is 25.3. The maximum absolute atomic E-state index is 12.8. The normalized spacial score (nSPS) is 15.0. The van der Waals surface area contributed by atoms with Crippen molar-refractivity contribution in [3.63, 3.8) is 0 Å². The summed E-state index contributed by atoms with van der Waals surface area (Å²) in [7, 11) is 1.22. The van der Waals surface area contributed by atoms with Crippen LogP contribution in [-0.2, 0) is 18.4 Å². The van der Waals surface area contributed by atoms with Crippen LogP contribution in [0.5, 0.6) is 0 Å². The topological polar surface area (TPSA) is 108 Å². The molecule has 9 heteroatoms. The van der Waals surface area contributed by atoms with Gasteiger partial charge in [-0.05, 0) is 70.6 Å². The fourth-order valence-corrected chi connectivity index (χ4v) is 6.60. The van der Waals surface area contributed by atoms with E-state index >= 15 is 0 Å². The molecule has 1 amide bonds. The van der Waals surface area contributed by atoms with Crippen molar-refractivity contribution in [3.05, 3.63) is 60.8 Å². The molecule has 2 N–H and O–H groups in total. The lowest BCUT2D eigenvalue weighted by atomic mass is 10.1. The smallest absolute Gasteiger partial charge is 0.268 e. The van der Waals surface area contributed by atoms with Gasteiger partial charge in [0, 0.05) is 6.42 Å². The number of amides is 1. The van der Waals surface area contributed by atoms with Gasteiger partial charge in [-0.2, -0.15) is 0 Å². The lowest BCUT2D eigenvalue weighted by molar-refractivity contribution is -0.870. The second-order valence-corrected chi connectivity index (χ2v) is 17.5. The summed E-state index contributed by atoms with van der Waals surface area (Å²) in [5.74, 6) is -0.226. The van der Waals surface area contributed by atoms with Gasteiger partial charge < -0.3 is 28.8 Å². The first-order chi connectivity index (χ1) is 26.5. The molecule has 3 atom stereocenters. The van der Waals surface area contributed by atoms with Crippen LogP contribution in [0.2, 0.25) is 0 Å². The molecule has 0 fully saturated rings. The predicted octanol–water partition coefficient (Wildman–Crippen LogP) is 11.6. The molecule has 0 aliphatic rings. The molecule has 0 saturated heterocycles. The number of hydrogen-bond donors (Lipinski definition) is 2. The van der Waals surface area contributed by atoms with Crippen molar-refractivity contribution in [1.29, 1.82) is 0 Å². The van der Waals surface area contributed by atoms with E-state index < -0.39 is 26.6 Å². The van der Waals surface area contributed by atoms with Crippen LogP contribution in [0.4, 0.5) is 0 Å². The van der Waals surface area contributed by atoms with Crippen molar-refractivity contribution in [1.82, 2.24) is 5.32 Å². The summed E-state index contributed by atoms with van der Waals surface area (Å²) < 4.78 is 23.2. The van der Waals surface area contributed by atoms with Crippen LogP contribution in [0.25, 0.3) is 0 Å². The Labute approximate surface area is 339 Å². The highest BCUT2D eigenvalue weighted by Gasteiger charge is 2.23. The molecule has 0 rings (SSSR count). The van der Waals surface area contributed by atoms with Gasteiger partial charge in [-0.25, -0.2) is 0 Å². The molecule has 8 nitrogen and oxygen atoms in total. The van der Waals surface area contributed by atoms with E-state index in [1.54, 1.807) is 6.08 Å². The molecule has 0 aliphatic carbocycles. The van der Waals surface area contributed by atoms with E-state index in [1.165, 1.54) is 89.9 Å². The number of hydrogen-bond acceptors (Lipinski definition) is 6. The number of likely N-dealkylation sites (N-methyl/N-ethyl adjacent to an activating group) is 1. The first kappa shape index (κ1) is 53.2. The Morgan fingerprint density at radius 3 is 1.62 bits per heavy atom. The van der Waals surface area contributed by atoms with Crippen molar-refractivity contribution < 1.29 is 32.9 Å². The zero-order valence-corrected chi connectivity index (χ0v) is 37.0. The number of phosphoric acid groups is 1. The number of phosphoric ester groups is 1. The van der Waals surface area contributed by atoms with E-state index in [-0.39, 0.29) is 12.5 Å². The van der Waals surface area contributed by atoms with E-state index in [4.69, 9.17) is 9.05 Å². The first-order valence-corrected chi connectivity index (χ1v) is 23.6. The van der Waals surface area contributed by atoms with Gasteiger partial charge in [0.05, 0.1) is 39.9 Å². The van der Waals surface area contributed by atoms with Gasteiger partial charge in [-0.3, -0.25) is 9.36 Å². The largest absolute Gasteiger partial charge is 0.756 e. The molecule has 0 aliphatic heterocycles. The summed E-state index contributed by atoms with van der Waals surface area (Å²) in [5, 5.41) is 13.7. The van der Waals surface area contributed by atoms with Crippen molar-refractivity contribution in [2.45, 2.75) is 187 Å². The van der Waals surface area contributed by atoms with Crippen LogP contribution in [0.15, 0.2) is 60.8 Å². The van der Waals surface area contributed by atoms with Gasteiger partial charge in [0.25, 0.3) is 7.82 Å². The zero-order valence-electron chi connectivity index (χ0n) is 36.1. The molecule has 55 heavy (non-hydrogen) atoms. The highest BCUT2D eigenvalue weighted by molar-refractivity contribution is 7.45. The lowest BCUT2D eigenvalue weighted by Gasteiger charge is -2.29. The number of unbranched alkanes of at least 4 members (excludes halogenated alkanes) is 19. The maximum atomic E-state index is 12.8. The van der Waals surface area contributed by atoms with E-state index in [0.717, 1.165) is 64.2 Å². The van der Waals surface area contributed by atoms with Gasteiger partial charge in [0.1, 0.15) is 13.2 Å². The highest BCUT2D eigenvalue weighted by Crippen LogP contribution is 2.38. The highest BCUT2D eigenvalue weighted by atomic mass is 31.2. The van der Waals surface area contributed by atoms with Crippen LogP contribution in [-0.4, -0.2) is 68.5 Å². The number of aliphatic hydroxyl groups is 1. The fraction of sp³-hybridized carbons (Fsp3) is 0.761. The Morgan fingerprint density at radius 1 is 0.636 bits per heavy atom. The Bertz CT molecular complexity index is 1080. The third kappa shape index (κ3) is 40.2. The average molecular weight is 793 g/mol. The molecular weight excluding hydrogens is 707 g/mol. The maximum Gasteiger partial charge on any atom is 0.268 e. The second-order valence-electron chi connectivity index (χ2n) is 16.1. The summed E-state index contributed by atoms with van der Waals surface area (Å²) in [5.41, 5.74) is 0. The quantitative estimate of drug-likeness (QED) is 0.0211. The number of allylic oxidation sites excluding steroid dienone is 9. The predicted molar refractivity (Wildman–Crippen MR) is 233 cm³/mol. The molecule has 0 aromatic rings. The molecule has 0 aromatic carbocycles. The van der Waals surface area contributed by atoms with Crippen LogP contribution < -0.4 is 10.2 Å². The molecule has 320 valence electrons. The summed E-state index contributed by atoms with van der Waals surface area (Å²) in [6, 6.07) is -0.916. The first-order valence-electron chi connectivity index (χ1n) is 22.2.